The Morgan fingerprint density at radius 1 is 1.47 bits per heavy atom. The van der Waals surface area contributed by atoms with Gasteiger partial charge in [-0.25, -0.2) is 4.79 Å². The predicted molar refractivity (Wildman–Crippen MR) is 53.2 cm³/mol. The maximum Gasteiger partial charge on any atom is 0.360 e. The van der Waals surface area contributed by atoms with Crippen molar-refractivity contribution >= 4 is 16.9 Å². The fourth-order valence-corrected chi connectivity index (χ4v) is 1.26. The molecule has 2 aromatic rings. The van der Waals surface area contributed by atoms with Gasteiger partial charge in [0.05, 0.1) is 6.20 Å². The van der Waals surface area contributed by atoms with Gasteiger partial charge in [0.1, 0.15) is 12.1 Å². The standard InChI is InChI=1S/C10H10N2O3/c1-14-7-10(13)15-12-9-5-3-2-4-8(9)6-11-12/h2-6H,7H2,1H3. The van der Waals surface area contributed by atoms with Crippen molar-refractivity contribution in [3.05, 3.63) is 30.5 Å². The van der Waals surface area contributed by atoms with Crippen LogP contribution < -0.4 is 4.84 Å². The zero-order valence-electron chi connectivity index (χ0n) is 8.21. The van der Waals surface area contributed by atoms with E-state index in [9.17, 15) is 4.79 Å². The van der Waals surface area contributed by atoms with Crippen LogP contribution in [0.25, 0.3) is 10.9 Å². The highest BCUT2D eigenvalue weighted by atomic mass is 16.7. The molecule has 5 heteroatoms. The Morgan fingerprint density at radius 3 is 3.07 bits per heavy atom. The largest absolute Gasteiger partial charge is 0.373 e. The monoisotopic (exact) mass is 206 g/mol. The molecule has 0 aliphatic heterocycles. The molecule has 0 radical (unpaired) electrons. The first kappa shape index (κ1) is 9.67. The lowest BCUT2D eigenvalue weighted by atomic mass is 10.3. The van der Waals surface area contributed by atoms with Crippen molar-refractivity contribution in [3.8, 4) is 0 Å². The number of para-hydroxylation sites is 1. The second-order valence-electron chi connectivity index (χ2n) is 2.97. The van der Waals surface area contributed by atoms with Crippen molar-refractivity contribution in [1.29, 1.82) is 0 Å². The second-order valence-corrected chi connectivity index (χ2v) is 2.97. The molecule has 0 atom stereocenters. The van der Waals surface area contributed by atoms with Gasteiger partial charge in [0.2, 0.25) is 0 Å². The topological polar surface area (TPSA) is 53.4 Å². The summed E-state index contributed by atoms with van der Waals surface area (Å²) in [5, 5.41) is 4.85. The molecule has 0 amide bonds. The molecule has 0 bridgehead atoms. The number of methoxy groups -OCH3 is 1. The van der Waals surface area contributed by atoms with Gasteiger partial charge in [-0.1, -0.05) is 23.0 Å². The zero-order chi connectivity index (χ0) is 10.7. The summed E-state index contributed by atoms with van der Waals surface area (Å²) in [6.45, 7) is -0.0891. The van der Waals surface area contributed by atoms with E-state index < -0.39 is 5.97 Å². The average molecular weight is 206 g/mol. The molecule has 1 aromatic heterocycles. The first-order valence-electron chi connectivity index (χ1n) is 4.44. The van der Waals surface area contributed by atoms with E-state index in [0.717, 1.165) is 10.9 Å². The van der Waals surface area contributed by atoms with Crippen LogP contribution in [0.15, 0.2) is 30.5 Å². The van der Waals surface area contributed by atoms with Gasteiger partial charge >= 0.3 is 5.97 Å². The maximum absolute atomic E-state index is 11.1. The summed E-state index contributed by atoms with van der Waals surface area (Å²) < 4.78 is 4.65. The Labute approximate surface area is 86.2 Å². The summed E-state index contributed by atoms with van der Waals surface area (Å²) in [5.74, 6) is -0.480. The van der Waals surface area contributed by atoms with Gasteiger partial charge in [-0.3, -0.25) is 0 Å². The van der Waals surface area contributed by atoms with Crippen molar-refractivity contribution in [2.75, 3.05) is 13.7 Å². The number of carbonyl (C=O) groups excluding carboxylic acids is 1. The Hall–Kier alpha value is -1.88. The number of benzene rings is 1. The number of fused-ring (bicyclic) bond motifs is 1. The zero-order valence-corrected chi connectivity index (χ0v) is 8.21. The molecule has 0 saturated carbocycles. The van der Waals surface area contributed by atoms with Crippen LogP contribution in [-0.2, 0) is 9.53 Å². The highest BCUT2D eigenvalue weighted by Crippen LogP contribution is 2.10. The number of rotatable bonds is 3. The first-order valence-corrected chi connectivity index (χ1v) is 4.44. The van der Waals surface area contributed by atoms with Crippen LogP contribution in [0.3, 0.4) is 0 Å². The van der Waals surface area contributed by atoms with Gasteiger partial charge in [0.25, 0.3) is 0 Å². The van der Waals surface area contributed by atoms with E-state index in [1.807, 2.05) is 24.3 Å². The Morgan fingerprint density at radius 2 is 2.27 bits per heavy atom. The fourth-order valence-electron chi connectivity index (χ4n) is 1.26. The molecular formula is C10H10N2O3. The van der Waals surface area contributed by atoms with Crippen LogP contribution in [-0.4, -0.2) is 29.6 Å². The van der Waals surface area contributed by atoms with Gasteiger partial charge in [0, 0.05) is 12.5 Å². The summed E-state index contributed by atoms with van der Waals surface area (Å²) >= 11 is 0. The Balaban J connectivity index is 2.25. The van der Waals surface area contributed by atoms with Crippen LogP contribution in [0, 0.1) is 0 Å². The Bertz CT molecular complexity index is 478. The smallest absolute Gasteiger partial charge is 0.360 e. The van der Waals surface area contributed by atoms with Gasteiger partial charge in [-0.15, -0.1) is 5.10 Å². The number of hydrogen-bond acceptors (Lipinski definition) is 4. The second kappa shape index (κ2) is 4.10. The molecule has 0 aliphatic carbocycles. The van der Waals surface area contributed by atoms with Crippen LogP contribution in [0.4, 0.5) is 0 Å². The Kier molecular flexibility index (Phi) is 2.64. The summed E-state index contributed by atoms with van der Waals surface area (Å²) in [7, 11) is 1.43. The minimum Gasteiger partial charge on any atom is -0.373 e. The normalized spacial score (nSPS) is 10.5. The van der Waals surface area contributed by atoms with Crippen LogP contribution in [0.2, 0.25) is 0 Å². The molecule has 0 saturated heterocycles. The lowest BCUT2D eigenvalue weighted by Gasteiger charge is -2.02. The van der Waals surface area contributed by atoms with Crippen LogP contribution >= 0.6 is 0 Å². The van der Waals surface area contributed by atoms with Gasteiger partial charge in [-0.2, -0.15) is 0 Å². The molecule has 15 heavy (non-hydrogen) atoms. The molecule has 5 nitrogen and oxygen atoms in total. The predicted octanol–water partition coefficient (Wildman–Crippen LogP) is 0.638. The molecule has 0 N–H and O–H groups in total. The third-order valence-corrected chi connectivity index (χ3v) is 1.90. The lowest BCUT2D eigenvalue weighted by molar-refractivity contribution is -0.149. The van der Waals surface area contributed by atoms with Crippen molar-refractivity contribution in [3.63, 3.8) is 0 Å². The molecule has 1 heterocycles. The lowest BCUT2D eigenvalue weighted by Crippen LogP contribution is -2.24. The summed E-state index contributed by atoms with van der Waals surface area (Å²) in [5.41, 5.74) is 0.752. The molecule has 1 aromatic carbocycles. The molecule has 78 valence electrons. The SMILES string of the molecule is COCC(=O)On1ncc2ccccc21. The quantitative estimate of drug-likeness (QED) is 0.739. The number of hydrogen-bond donors (Lipinski definition) is 0. The van der Waals surface area contributed by atoms with Gasteiger partial charge in [0.15, 0.2) is 0 Å². The van der Waals surface area contributed by atoms with Crippen LogP contribution in [0.1, 0.15) is 0 Å². The molecule has 0 unspecified atom stereocenters. The molecule has 0 fully saturated rings. The van der Waals surface area contributed by atoms with Crippen molar-refractivity contribution in [2.24, 2.45) is 0 Å². The van der Waals surface area contributed by atoms with Gasteiger partial charge < -0.3 is 9.57 Å². The van der Waals surface area contributed by atoms with E-state index in [2.05, 4.69) is 9.84 Å². The molecule has 0 spiro atoms. The van der Waals surface area contributed by atoms with Crippen molar-refractivity contribution < 1.29 is 14.4 Å². The van der Waals surface area contributed by atoms with E-state index in [1.165, 1.54) is 12.0 Å². The fraction of sp³-hybridized carbons (Fsp3) is 0.200. The summed E-state index contributed by atoms with van der Waals surface area (Å²) in [6.07, 6.45) is 1.63. The highest BCUT2D eigenvalue weighted by Gasteiger charge is 2.07. The average Bonchev–Trinajstić information content (AvgIpc) is 2.62. The van der Waals surface area contributed by atoms with E-state index >= 15 is 0 Å². The summed E-state index contributed by atoms with van der Waals surface area (Å²) in [4.78, 5) is 17.3. The molecule has 0 aliphatic rings. The number of nitrogens with zero attached hydrogens (tertiary/aromatic N) is 2. The van der Waals surface area contributed by atoms with E-state index in [4.69, 9.17) is 4.84 Å². The maximum atomic E-state index is 11.1. The molecular weight excluding hydrogens is 196 g/mol. The van der Waals surface area contributed by atoms with Crippen molar-refractivity contribution in [2.45, 2.75) is 0 Å². The number of carbonyl (C=O) groups is 1. The minimum atomic E-state index is -0.480. The van der Waals surface area contributed by atoms with E-state index in [0.29, 0.717) is 0 Å². The summed E-state index contributed by atoms with van der Waals surface area (Å²) in [6, 6.07) is 7.46. The number of aromatic nitrogens is 2. The minimum absolute atomic E-state index is 0.0891. The first-order chi connectivity index (χ1) is 7.31. The third-order valence-electron chi connectivity index (χ3n) is 1.90. The molecule has 2 rings (SSSR count). The van der Waals surface area contributed by atoms with Crippen molar-refractivity contribution in [1.82, 2.24) is 9.94 Å². The third kappa shape index (κ3) is 1.97. The highest BCUT2D eigenvalue weighted by molar-refractivity contribution is 5.79. The van der Waals surface area contributed by atoms with E-state index in [-0.39, 0.29) is 6.61 Å². The number of ether oxygens (including phenoxy) is 1. The van der Waals surface area contributed by atoms with Crippen LogP contribution in [0.5, 0.6) is 0 Å². The van der Waals surface area contributed by atoms with Gasteiger partial charge in [-0.05, 0) is 6.07 Å². The van der Waals surface area contributed by atoms with E-state index in [1.54, 1.807) is 6.20 Å².